The van der Waals surface area contributed by atoms with Gasteiger partial charge >= 0.3 is 0 Å². The lowest BCUT2D eigenvalue weighted by molar-refractivity contribution is -0.135. The lowest BCUT2D eigenvalue weighted by Crippen LogP contribution is -2.55. The van der Waals surface area contributed by atoms with Crippen molar-refractivity contribution in [3.8, 4) is 0 Å². The number of hydrogen-bond acceptors (Lipinski definition) is 3. The molecule has 0 spiro atoms. The third-order valence-corrected chi connectivity index (χ3v) is 3.66. The van der Waals surface area contributed by atoms with E-state index in [1.165, 1.54) is 13.0 Å². The fourth-order valence-corrected chi connectivity index (χ4v) is 2.78. The number of hydrogen-bond donors (Lipinski definition) is 1. The van der Waals surface area contributed by atoms with Gasteiger partial charge in [-0.1, -0.05) is 6.92 Å². The Hall–Kier alpha value is -0.610. The first kappa shape index (κ1) is 11.9. The predicted molar refractivity (Wildman–Crippen MR) is 64.3 cm³/mol. The lowest BCUT2D eigenvalue weighted by Gasteiger charge is -2.40. The van der Waals surface area contributed by atoms with Crippen LogP contribution in [-0.2, 0) is 4.79 Å². The molecule has 4 heteroatoms. The quantitative estimate of drug-likeness (QED) is 0.750. The topological polar surface area (TPSA) is 35.6 Å². The Labute approximate surface area is 98.0 Å². The van der Waals surface area contributed by atoms with E-state index in [1.54, 1.807) is 0 Å². The number of likely N-dealkylation sites (tertiary alicyclic amines) is 1. The van der Waals surface area contributed by atoms with Gasteiger partial charge in [-0.3, -0.25) is 4.79 Å². The molecule has 2 saturated heterocycles. The van der Waals surface area contributed by atoms with Crippen LogP contribution in [-0.4, -0.2) is 61.0 Å². The van der Waals surface area contributed by atoms with Gasteiger partial charge in [0.2, 0.25) is 5.91 Å². The number of amides is 1. The molecule has 2 aliphatic heterocycles. The summed E-state index contributed by atoms with van der Waals surface area (Å²) in [6, 6.07) is 0.503. The summed E-state index contributed by atoms with van der Waals surface area (Å²) in [5, 5.41) is 3.13. The molecule has 2 rings (SSSR count). The Balaban J connectivity index is 1.81. The summed E-state index contributed by atoms with van der Waals surface area (Å²) in [5.41, 5.74) is 0. The van der Waals surface area contributed by atoms with Gasteiger partial charge in [0.15, 0.2) is 0 Å². The van der Waals surface area contributed by atoms with Crippen molar-refractivity contribution in [1.82, 2.24) is 15.1 Å². The normalized spacial score (nSPS) is 25.1. The molecule has 1 amide bonds. The number of rotatable bonds is 3. The van der Waals surface area contributed by atoms with Crippen molar-refractivity contribution in [3.05, 3.63) is 0 Å². The molecule has 4 nitrogen and oxygen atoms in total. The van der Waals surface area contributed by atoms with E-state index in [0.29, 0.717) is 18.5 Å². The maximum atomic E-state index is 11.8. The average Bonchev–Trinajstić information content (AvgIpc) is 2.31. The molecule has 0 radical (unpaired) electrons. The SMILES string of the molecule is CCCN1CCC(N2CCNCC2=O)CC1. The highest BCUT2D eigenvalue weighted by Gasteiger charge is 2.28. The summed E-state index contributed by atoms with van der Waals surface area (Å²) in [7, 11) is 0. The van der Waals surface area contributed by atoms with E-state index in [9.17, 15) is 4.79 Å². The molecule has 2 heterocycles. The van der Waals surface area contributed by atoms with Crippen LogP contribution in [0.1, 0.15) is 26.2 Å². The van der Waals surface area contributed by atoms with Crippen LogP contribution >= 0.6 is 0 Å². The molecule has 2 fully saturated rings. The zero-order valence-electron chi connectivity index (χ0n) is 10.2. The van der Waals surface area contributed by atoms with Crippen molar-refractivity contribution < 1.29 is 4.79 Å². The molecule has 16 heavy (non-hydrogen) atoms. The number of carbonyl (C=O) groups excluding carboxylic acids is 1. The van der Waals surface area contributed by atoms with Gasteiger partial charge in [-0.15, -0.1) is 0 Å². The highest BCUT2D eigenvalue weighted by Crippen LogP contribution is 2.17. The number of piperazine rings is 1. The number of nitrogens with zero attached hydrogens (tertiary/aromatic N) is 2. The van der Waals surface area contributed by atoms with E-state index >= 15 is 0 Å². The van der Waals surface area contributed by atoms with Crippen LogP contribution in [0.3, 0.4) is 0 Å². The molecule has 0 unspecified atom stereocenters. The van der Waals surface area contributed by atoms with Crippen molar-refractivity contribution in [2.24, 2.45) is 0 Å². The first-order valence-electron chi connectivity index (χ1n) is 6.54. The van der Waals surface area contributed by atoms with Crippen LogP contribution in [0, 0.1) is 0 Å². The summed E-state index contributed by atoms with van der Waals surface area (Å²) in [6.07, 6.45) is 3.55. The Morgan fingerprint density at radius 3 is 2.69 bits per heavy atom. The fourth-order valence-electron chi connectivity index (χ4n) is 2.78. The Bertz CT molecular complexity index is 236. The van der Waals surface area contributed by atoms with Gasteiger partial charge < -0.3 is 15.1 Å². The van der Waals surface area contributed by atoms with Crippen molar-refractivity contribution >= 4 is 5.91 Å². The predicted octanol–water partition coefficient (Wildman–Crippen LogP) is 0.293. The van der Waals surface area contributed by atoms with Gasteiger partial charge in [-0.25, -0.2) is 0 Å². The zero-order chi connectivity index (χ0) is 11.4. The highest BCUT2D eigenvalue weighted by molar-refractivity contribution is 5.79. The molecule has 0 saturated carbocycles. The van der Waals surface area contributed by atoms with E-state index in [-0.39, 0.29) is 0 Å². The van der Waals surface area contributed by atoms with E-state index < -0.39 is 0 Å². The second kappa shape index (κ2) is 5.64. The van der Waals surface area contributed by atoms with Gasteiger partial charge in [-0.05, 0) is 25.8 Å². The summed E-state index contributed by atoms with van der Waals surface area (Å²) < 4.78 is 0. The van der Waals surface area contributed by atoms with Crippen molar-refractivity contribution in [1.29, 1.82) is 0 Å². The van der Waals surface area contributed by atoms with Crippen molar-refractivity contribution in [3.63, 3.8) is 0 Å². The first-order chi connectivity index (χ1) is 7.81. The molecule has 0 aromatic heterocycles. The number of piperidine rings is 1. The van der Waals surface area contributed by atoms with E-state index in [1.807, 2.05) is 0 Å². The Kier molecular flexibility index (Phi) is 4.18. The standard InChI is InChI=1S/C12H23N3O/c1-2-6-14-7-3-11(4-8-14)15-9-5-13-10-12(15)16/h11,13H,2-10H2,1H3. The zero-order valence-corrected chi connectivity index (χ0v) is 10.2. The second-order valence-corrected chi connectivity index (χ2v) is 4.84. The van der Waals surface area contributed by atoms with Crippen LogP contribution in [0.15, 0.2) is 0 Å². The van der Waals surface area contributed by atoms with Crippen LogP contribution < -0.4 is 5.32 Å². The lowest BCUT2D eigenvalue weighted by atomic mass is 10.0. The van der Waals surface area contributed by atoms with Crippen LogP contribution in [0.2, 0.25) is 0 Å². The van der Waals surface area contributed by atoms with E-state index in [4.69, 9.17) is 0 Å². The van der Waals surface area contributed by atoms with Gasteiger partial charge in [-0.2, -0.15) is 0 Å². The average molecular weight is 225 g/mol. The smallest absolute Gasteiger partial charge is 0.236 e. The monoisotopic (exact) mass is 225 g/mol. The molecule has 0 aliphatic carbocycles. The third kappa shape index (κ3) is 2.74. The minimum absolute atomic E-state index is 0.292. The van der Waals surface area contributed by atoms with E-state index in [2.05, 4.69) is 22.0 Å². The summed E-state index contributed by atoms with van der Waals surface area (Å²) in [6.45, 7) is 8.16. The Morgan fingerprint density at radius 2 is 2.06 bits per heavy atom. The summed E-state index contributed by atoms with van der Waals surface area (Å²) in [4.78, 5) is 16.4. The molecule has 0 aromatic rings. The van der Waals surface area contributed by atoms with Crippen LogP contribution in [0.5, 0.6) is 0 Å². The fraction of sp³-hybridized carbons (Fsp3) is 0.917. The number of carbonyl (C=O) groups is 1. The summed E-state index contributed by atoms with van der Waals surface area (Å²) >= 11 is 0. The third-order valence-electron chi connectivity index (χ3n) is 3.66. The summed E-state index contributed by atoms with van der Waals surface area (Å²) in [5.74, 6) is 0.292. The van der Waals surface area contributed by atoms with Crippen molar-refractivity contribution in [2.75, 3.05) is 39.3 Å². The maximum absolute atomic E-state index is 11.8. The minimum atomic E-state index is 0.292. The molecule has 0 bridgehead atoms. The van der Waals surface area contributed by atoms with Gasteiger partial charge in [0.1, 0.15) is 0 Å². The largest absolute Gasteiger partial charge is 0.337 e. The first-order valence-corrected chi connectivity index (χ1v) is 6.54. The van der Waals surface area contributed by atoms with Gasteiger partial charge in [0, 0.05) is 32.2 Å². The van der Waals surface area contributed by atoms with Crippen molar-refractivity contribution in [2.45, 2.75) is 32.2 Å². The maximum Gasteiger partial charge on any atom is 0.236 e. The van der Waals surface area contributed by atoms with Crippen LogP contribution in [0.4, 0.5) is 0 Å². The molecule has 0 aromatic carbocycles. The Morgan fingerprint density at radius 1 is 1.31 bits per heavy atom. The van der Waals surface area contributed by atoms with E-state index in [0.717, 1.165) is 39.0 Å². The number of nitrogens with one attached hydrogen (secondary N) is 1. The molecule has 0 atom stereocenters. The highest BCUT2D eigenvalue weighted by atomic mass is 16.2. The minimum Gasteiger partial charge on any atom is -0.337 e. The molecule has 92 valence electrons. The molecule has 2 aliphatic rings. The second-order valence-electron chi connectivity index (χ2n) is 4.84. The molecule has 1 N–H and O–H groups in total. The molecular formula is C12H23N3O. The van der Waals surface area contributed by atoms with Crippen LogP contribution in [0.25, 0.3) is 0 Å². The van der Waals surface area contributed by atoms with Gasteiger partial charge in [0.05, 0.1) is 6.54 Å². The molecular weight excluding hydrogens is 202 g/mol. The van der Waals surface area contributed by atoms with Gasteiger partial charge in [0.25, 0.3) is 0 Å².